The minimum Gasteiger partial charge on any atom is -0.348 e. The van der Waals surface area contributed by atoms with Gasteiger partial charge < -0.3 is 10.2 Å². The van der Waals surface area contributed by atoms with Gasteiger partial charge in [0.05, 0.1) is 16.4 Å². The lowest BCUT2D eigenvalue weighted by molar-refractivity contribution is 0.425. The predicted octanol–water partition coefficient (Wildman–Crippen LogP) is 2.77. The zero-order valence-electron chi connectivity index (χ0n) is 13.3. The molecule has 6 nitrogen and oxygen atoms in total. The fourth-order valence-corrected chi connectivity index (χ4v) is 4.63. The lowest BCUT2D eigenvalue weighted by Crippen LogP contribution is -2.43. The SMILES string of the molecule is c1ccc2sc(N3CCC(NCCSc4cn[nH]n4)CC3)nc2c1. The molecule has 1 aliphatic heterocycles. The van der Waals surface area contributed by atoms with Gasteiger partial charge in [0.15, 0.2) is 5.13 Å². The van der Waals surface area contributed by atoms with Gasteiger partial charge in [-0.1, -0.05) is 23.5 Å². The first-order chi connectivity index (χ1) is 11.9. The van der Waals surface area contributed by atoms with Gasteiger partial charge in [-0.15, -0.1) is 16.9 Å². The quantitative estimate of drug-likeness (QED) is 0.520. The predicted molar refractivity (Wildman–Crippen MR) is 100.0 cm³/mol. The monoisotopic (exact) mass is 360 g/mol. The number of anilines is 1. The molecule has 24 heavy (non-hydrogen) atoms. The first kappa shape index (κ1) is 15.9. The summed E-state index contributed by atoms with van der Waals surface area (Å²) in [6.45, 7) is 3.16. The van der Waals surface area contributed by atoms with Crippen LogP contribution in [0, 0.1) is 0 Å². The van der Waals surface area contributed by atoms with E-state index in [1.165, 1.54) is 17.5 Å². The Balaban J connectivity index is 1.23. The normalized spacial score (nSPS) is 16.1. The van der Waals surface area contributed by atoms with Crippen molar-refractivity contribution in [3.8, 4) is 0 Å². The number of H-pyrrole nitrogens is 1. The lowest BCUT2D eigenvalue weighted by Gasteiger charge is -2.32. The standard InChI is InChI=1S/C16H20N6S2/c1-2-4-14-13(3-1)19-16(24-14)22-8-5-12(6-9-22)17-7-10-23-15-11-18-21-20-15/h1-4,11-12,17H,5-10H2,(H,18,20,21). The highest BCUT2D eigenvalue weighted by Gasteiger charge is 2.21. The van der Waals surface area contributed by atoms with Crippen molar-refractivity contribution in [3.05, 3.63) is 30.5 Å². The zero-order chi connectivity index (χ0) is 16.2. The van der Waals surface area contributed by atoms with Gasteiger partial charge in [-0.3, -0.25) is 0 Å². The van der Waals surface area contributed by atoms with Crippen molar-refractivity contribution in [1.29, 1.82) is 0 Å². The number of thiazole rings is 1. The zero-order valence-corrected chi connectivity index (χ0v) is 14.9. The van der Waals surface area contributed by atoms with Crippen LogP contribution < -0.4 is 10.2 Å². The van der Waals surface area contributed by atoms with E-state index in [-0.39, 0.29) is 0 Å². The summed E-state index contributed by atoms with van der Waals surface area (Å²) >= 11 is 3.53. The Hall–Kier alpha value is -1.64. The van der Waals surface area contributed by atoms with E-state index >= 15 is 0 Å². The number of thioether (sulfide) groups is 1. The molecule has 0 bridgehead atoms. The third-order valence-electron chi connectivity index (χ3n) is 4.23. The number of rotatable bonds is 6. The van der Waals surface area contributed by atoms with Crippen LogP contribution in [0.2, 0.25) is 0 Å². The summed E-state index contributed by atoms with van der Waals surface area (Å²) in [6.07, 6.45) is 4.11. The maximum atomic E-state index is 4.77. The average Bonchev–Trinajstić information content (AvgIpc) is 3.28. The smallest absolute Gasteiger partial charge is 0.186 e. The van der Waals surface area contributed by atoms with Crippen LogP contribution in [-0.4, -0.2) is 51.8 Å². The number of aromatic amines is 1. The lowest BCUT2D eigenvalue weighted by atomic mass is 10.1. The van der Waals surface area contributed by atoms with E-state index in [9.17, 15) is 0 Å². The van der Waals surface area contributed by atoms with Crippen LogP contribution in [0.4, 0.5) is 5.13 Å². The number of fused-ring (bicyclic) bond motifs is 1. The Morgan fingerprint density at radius 1 is 1.29 bits per heavy atom. The van der Waals surface area contributed by atoms with E-state index in [4.69, 9.17) is 4.98 Å². The van der Waals surface area contributed by atoms with Crippen molar-refractivity contribution in [2.24, 2.45) is 0 Å². The average molecular weight is 361 g/mol. The molecule has 3 aromatic rings. The molecule has 0 unspecified atom stereocenters. The van der Waals surface area contributed by atoms with Gasteiger partial charge in [-0.05, 0) is 25.0 Å². The van der Waals surface area contributed by atoms with Crippen molar-refractivity contribution in [2.75, 3.05) is 30.3 Å². The summed E-state index contributed by atoms with van der Waals surface area (Å²) in [6, 6.07) is 8.98. The molecule has 8 heteroatoms. The summed E-state index contributed by atoms with van der Waals surface area (Å²) in [5.74, 6) is 1.02. The summed E-state index contributed by atoms with van der Waals surface area (Å²) in [5.41, 5.74) is 1.11. The summed E-state index contributed by atoms with van der Waals surface area (Å²) < 4.78 is 1.28. The molecule has 0 aliphatic carbocycles. The number of piperidine rings is 1. The largest absolute Gasteiger partial charge is 0.348 e. The van der Waals surface area contributed by atoms with Crippen LogP contribution in [0.5, 0.6) is 0 Å². The van der Waals surface area contributed by atoms with Crippen LogP contribution in [0.15, 0.2) is 35.5 Å². The maximum absolute atomic E-state index is 4.77. The van der Waals surface area contributed by atoms with E-state index in [0.29, 0.717) is 6.04 Å². The minimum absolute atomic E-state index is 0.605. The molecule has 1 fully saturated rings. The summed E-state index contributed by atoms with van der Waals surface area (Å²) in [5, 5.41) is 16.3. The van der Waals surface area contributed by atoms with Crippen LogP contribution >= 0.6 is 23.1 Å². The van der Waals surface area contributed by atoms with E-state index in [1.54, 1.807) is 29.3 Å². The number of hydrogen-bond donors (Lipinski definition) is 2. The Labute approximate surface area is 149 Å². The Morgan fingerprint density at radius 3 is 2.96 bits per heavy atom. The number of hydrogen-bond acceptors (Lipinski definition) is 7. The summed E-state index contributed by atoms with van der Waals surface area (Å²) in [4.78, 5) is 7.19. The molecule has 0 spiro atoms. The molecule has 0 radical (unpaired) electrons. The molecular formula is C16H20N6S2. The molecule has 2 aromatic heterocycles. The maximum Gasteiger partial charge on any atom is 0.186 e. The second kappa shape index (κ2) is 7.50. The molecule has 3 heterocycles. The molecule has 1 aliphatic rings. The van der Waals surface area contributed by atoms with Crippen LogP contribution in [0.3, 0.4) is 0 Å². The van der Waals surface area contributed by atoms with Gasteiger partial charge in [-0.25, -0.2) is 4.98 Å². The molecule has 126 valence electrons. The summed E-state index contributed by atoms with van der Waals surface area (Å²) in [7, 11) is 0. The molecule has 1 aromatic carbocycles. The first-order valence-electron chi connectivity index (χ1n) is 8.21. The molecule has 0 atom stereocenters. The highest BCUT2D eigenvalue weighted by Crippen LogP contribution is 2.30. The van der Waals surface area contributed by atoms with Crippen LogP contribution in [0.1, 0.15) is 12.8 Å². The molecule has 4 rings (SSSR count). The van der Waals surface area contributed by atoms with Crippen molar-refractivity contribution < 1.29 is 0 Å². The molecule has 1 saturated heterocycles. The van der Waals surface area contributed by atoms with Gasteiger partial charge in [-0.2, -0.15) is 10.3 Å². The number of aromatic nitrogens is 4. The molecule has 0 amide bonds. The van der Waals surface area contributed by atoms with Crippen molar-refractivity contribution in [1.82, 2.24) is 25.7 Å². The van der Waals surface area contributed by atoms with Gasteiger partial charge in [0.1, 0.15) is 5.03 Å². The molecule has 2 N–H and O–H groups in total. The fraction of sp³-hybridized carbons (Fsp3) is 0.438. The third-order valence-corrected chi connectivity index (χ3v) is 6.22. The van der Waals surface area contributed by atoms with Crippen LogP contribution in [0.25, 0.3) is 10.2 Å². The van der Waals surface area contributed by atoms with Crippen molar-refractivity contribution >= 4 is 38.4 Å². The van der Waals surface area contributed by atoms with E-state index in [0.717, 1.165) is 41.1 Å². The van der Waals surface area contributed by atoms with E-state index < -0.39 is 0 Å². The topological polar surface area (TPSA) is 69.7 Å². The number of para-hydroxylation sites is 1. The Bertz CT molecular complexity index is 731. The molecular weight excluding hydrogens is 340 g/mol. The number of nitrogens with zero attached hydrogens (tertiary/aromatic N) is 4. The van der Waals surface area contributed by atoms with Gasteiger partial charge in [0.25, 0.3) is 0 Å². The third kappa shape index (κ3) is 3.71. The highest BCUT2D eigenvalue weighted by atomic mass is 32.2. The Kier molecular flexibility index (Phi) is 4.96. The van der Waals surface area contributed by atoms with Gasteiger partial charge in [0, 0.05) is 31.4 Å². The van der Waals surface area contributed by atoms with Crippen molar-refractivity contribution in [3.63, 3.8) is 0 Å². The fourth-order valence-electron chi connectivity index (χ4n) is 2.95. The molecule has 0 saturated carbocycles. The number of nitrogens with one attached hydrogen (secondary N) is 2. The Morgan fingerprint density at radius 2 is 2.17 bits per heavy atom. The van der Waals surface area contributed by atoms with E-state index in [1.807, 2.05) is 0 Å². The first-order valence-corrected chi connectivity index (χ1v) is 10.0. The van der Waals surface area contributed by atoms with Crippen LogP contribution in [-0.2, 0) is 0 Å². The van der Waals surface area contributed by atoms with Crippen molar-refractivity contribution in [2.45, 2.75) is 23.9 Å². The second-order valence-corrected chi connectivity index (χ2v) is 7.96. The minimum atomic E-state index is 0.605. The van der Waals surface area contributed by atoms with E-state index in [2.05, 4.69) is 49.9 Å². The highest BCUT2D eigenvalue weighted by molar-refractivity contribution is 7.99. The van der Waals surface area contributed by atoms with Gasteiger partial charge in [0.2, 0.25) is 0 Å². The van der Waals surface area contributed by atoms with Gasteiger partial charge >= 0.3 is 0 Å². The second-order valence-electron chi connectivity index (χ2n) is 5.84. The number of benzene rings is 1.